The van der Waals surface area contributed by atoms with Crippen LogP contribution in [0.1, 0.15) is 16.1 Å². The number of aromatic nitrogens is 4. The van der Waals surface area contributed by atoms with E-state index in [4.69, 9.17) is 4.99 Å². The second-order valence-electron chi connectivity index (χ2n) is 5.37. The van der Waals surface area contributed by atoms with E-state index in [2.05, 4.69) is 39.6 Å². The van der Waals surface area contributed by atoms with Gasteiger partial charge in [-0.05, 0) is 6.07 Å². The summed E-state index contributed by atoms with van der Waals surface area (Å²) < 4.78 is 1.82. The van der Waals surface area contributed by atoms with Gasteiger partial charge in [0.15, 0.2) is 0 Å². The third-order valence-corrected chi connectivity index (χ3v) is 4.42. The van der Waals surface area contributed by atoms with E-state index in [9.17, 15) is 0 Å². The van der Waals surface area contributed by atoms with Crippen LogP contribution in [0.3, 0.4) is 0 Å². The van der Waals surface area contributed by atoms with E-state index in [1.165, 1.54) is 11.3 Å². The average Bonchev–Trinajstić information content (AvgIpc) is 3.34. The van der Waals surface area contributed by atoms with Gasteiger partial charge in [0.25, 0.3) is 0 Å². The Hall–Kier alpha value is -3.12. The highest BCUT2D eigenvalue weighted by Gasteiger charge is 2.10. The molecule has 0 spiro atoms. The lowest BCUT2D eigenvalue weighted by Gasteiger charge is -2.06. The number of hydrogen-bond donors (Lipinski definition) is 0. The third-order valence-electron chi connectivity index (χ3n) is 3.61. The molecule has 0 fully saturated rings. The predicted octanol–water partition coefficient (Wildman–Crippen LogP) is 3.95. The van der Waals surface area contributed by atoms with Crippen LogP contribution in [0.2, 0.25) is 0 Å². The minimum atomic E-state index is 0.603. The first-order chi connectivity index (χ1) is 12.4. The monoisotopic (exact) mass is 345 g/mol. The Morgan fingerprint density at radius 3 is 2.16 bits per heavy atom. The van der Waals surface area contributed by atoms with Crippen LogP contribution in [0.4, 0.5) is 5.13 Å². The summed E-state index contributed by atoms with van der Waals surface area (Å²) in [7, 11) is 0. The van der Waals surface area contributed by atoms with E-state index < -0.39 is 0 Å². The van der Waals surface area contributed by atoms with Crippen LogP contribution < -0.4 is 0 Å². The normalized spacial score (nSPS) is 10.6. The van der Waals surface area contributed by atoms with E-state index in [1.807, 2.05) is 53.3 Å². The average molecular weight is 345 g/mol. The number of aliphatic imine (C=N–C) groups is 1. The molecule has 0 bridgehead atoms. The molecule has 0 N–H and O–H groups in total. The highest BCUT2D eigenvalue weighted by molar-refractivity contribution is 7.15. The van der Waals surface area contributed by atoms with Gasteiger partial charge in [-0.25, -0.2) is 4.99 Å². The molecule has 0 saturated carbocycles. The maximum atomic E-state index is 4.78. The van der Waals surface area contributed by atoms with Gasteiger partial charge in [0, 0.05) is 23.5 Å². The lowest BCUT2D eigenvalue weighted by Crippen LogP contribution is -2.02. The number of nitrogens with zero attached hydrogens (tertiary/aromatic N) is 5. The lowest BCUT2D eigenvalue weighted by atomic mass is 10.0. The van der Waals surface area contributed by atoms with Gasteiger partial charge in [-0.15, -0.1) is 10.2 Å². The zero-order valence-electron chi connectivity index (χ0n) is 13.4. The summed E-state index contributed by atoms with van der Waals surface area (Å²) in [6.45, 7) is 0.603. The van der Waals surface area contributed by atoms with Crippen LogP contribution in [0, 0.1) is 0 Å². The Labute approximate surface area is 149 Å². The molecule has 0 aliphatic carbocycles. The molecule has 4 aromatic rings. The molecular weight excluding hydrogens is 330 g/mol. The van der Waals surface area contributed by atoms with Crippen LogP contribution in [0.25, 0.3) is 0 Å². The van der Waals surface area contributed by atoms with E-state index in [0.29, 0.717) is 11.7 Å². The Morgan fingerprint density at radius 2 is 1.56 bits per heavy atom. The molecule has 0 atom stereocenters. The van der Waals surface area contributed by atoms with Gasteiger partial charge in [-0.3, -0.25) is 4.68 Å². The first kappa shape index (κ1) is 15.4. The third kappa shape index (κ3) is 3.70. The first-order valence-electron chi connectivity index (χ1n) is 7.88. The van der Waals surface area contributed by atoms with Crippen LogP contribution >= 0.6 is 11.3 Å². The fraction of sp³-hybridized carbons (Fsp3) is 0.0526. The number of benzene rings is 2. The van der Waals surface area contributed by atoms with E-state index in [0.717, 1.165) is 21.8 Å². The molecule has 4 rings (SSSR count). The standard InChI is InChI=1S/C19H15N5S/c1-3-8-15(9-4-1)18(16-10-5-2-6-11-16)21-19-23-22-17(25-19)14-24-13-7-12-20-24/h1-13H,14H2. The van der Waals surface area contributed by atoms with Crippen molar-refractivity contribution >= 4 is 22.2 Å². The molecule has 0 aliphatic heterocycles. The zero-order valence-corrected chi connectivity index (χ0v) is 14.2. The minimum Gasteiger partial charge on any atom is -0.266 e. The largest absolute Gasteiger partial charge is 0.266 e. The first-order valence-corrected chi connectivity index (χ1v) is 8.69. The van der Waals surface area contributed by atoms with E-state index in [1.54, 1.807) is 6.20 Å². The molecular formula is C19H15N5S. The van der Waals surface area contributed by atoms with Crippen molar-refractivity contribution in [3.8, 4) is 0 Å². The smallest absolute Gasteiger partial charge is 0.232 e. The van der Waals surface area contributed by atoms with Gasteiger partial charge in [-0.2, -0.15) is 5.10 Å². The summed E-state index contributed by atoms with van der Waals surface area (Å²) in [5.74, 6) is 0. The molecule has 25 heavy (non-hydrogen) atoms. The van der Waals surface area contributed by atoms with E-state index in [-0.39, 0.29) is 0 Å². The topological polar surface area (TPSA) is 56.0 Å². The SMILES string of the molecule is c1ccc(C(=Nc2nnc(Cn3cccn3)s2)c2ccccc2)cc1. The molecule has 0 radical (unpaired) electrons. The maximum Gasteiger partial charge on any atom is 0.232 e. The van der Waals surface area contributed by atoms with Crippen molar-refractivity contribution in [2.75, 3.05) is 0 Å². The van der Waals surface area contributed by atoms with Gasteiger partial charge in [-0.1, -0.05) is 72.0 Å². The van der Waals surface area contributed by atoms with Crippen molar-refractivity contribution in [3.63, 3.8) is 0 Å². The predicted molar refractivity (Wildman–Crippen MR) is 99.4 cm³/mol. The van der Waals surface area contributed by atoms with Crippen LogP contribution in [0.15, 0.2) is 84.1 Å². The van der Waals surface area contributed by atoms with Crippen molar-refractivity contribution in [3.05, 3.63) is 95.3 Å². The second kappa shape index (κ2) is 7.19. The summed E-state index contributed by atoms with van der Waals surface area (Å²) >= 11 is 1.48. The quantitative estimate of drug-likeness (QED) is 0.515. The summed E-state index contributed by atoms with van der Waals surface area (Å²) in [4.78, 5) is 4.78. The maximum absolute atomic E-state index is 4.78. The summed E-state index contributed by atoms with van der Waals surface area (Å²) in [6, 6.07) is 22.1. The van der Waals surface area contributed by atoms with Crippen molar-refractivity contribution in [1.82, 2.24) is 20.0 Å². The minimum absolute atomic E-state index is 0.603. The molecule has 2 aromatic heterocycles. The Balaban J connectivity index is 1.69. The Bertz CT molecular complexity index is 918. The van der Waals surface area contributed by atoms with Crippen LogP contribution in [0.5, 0.6) is 0 Å². The van der Waals surface area contributed by atoms with Crippen molar-refractivity contribution < 1.29 is 0 Å². The fourth-order valence-electron chi connectivity index (χ4n) is 2.47. The second-order valence-corrected chi connectivity index (χ2v) is 6.41. The molecule has 0 aliphatic rings. The summed E-state index contributed by atoms with van der Waals surface area (Å²) in [5, 5.41) is 14.2. The highest BCUT2D eigenvalue weighted by Crippen LogP contribution is 2.22. The van der Waals surface area contributed by atoms with Gasteiger partial charge < -0.3 is 0 Å². The van der Waals surface area contributed by atoms with Crippen molar-refractivity contribution in [2.45, 2.75) is 6.54 Å². The summed E-state index contributed by atoms with van der Waals surface area (Å²) in [6.07, 6.45) is 3.66. The lowest BCUT2D eigenvalue weighted by molar-refractivity contribution is 0.677. The van der Waals surface area contributed by atoms with E-state index >= 15 is 0 Å². The highest BCUT2D eigenvalue weighted by atomic mass is 32.1. The molecule has 2 aromatic carbocycles. The molecule has 0 saturated heterocycles. The molecule has 6 heteroatoms. The van der Waals surface area contributed by atoms with Crippen LogP contribution in [-0.4, -0.2) is 25.7 Å². The molecule has 0 unspecified atom stereocenters. The number of hydrogen-bond acceptors (Lipinski definition) is 5. The van der Waals surface area contributed by atoms with Gasteiger partial charge in [0.2, 0.25) is 5.13 Å². The molecule has 0 amide bonds. The number of rotatable bonds is 5. The van der Waals surface area contributed by atoms with Gasteiger partial charge >= 0.3 is 0 Å². The molecule has 122 valence electrons. The van der Waals surface area contributed by atoms with Gasteiger partial charge in [0.1, 0.15) is 5.01 Å². The van der Waals surface area contributed by atoms with Crippen LogP contribution in [-0.2, 0) is 6.54 Å². The van der Waals surface area contributed by atoms with Crippen molar-refractivity contribution in [2.24, 2.45) is 4.99 Å². The van der Waals surface area contributed by atoms with Crippen molar-refractivity contribution in [1.29, 1.82) is 0 Å². The Morgan fingerprint density at radius 1 is 0.880 bits per heavy atom. The zero-order chi connectivity index (χ0) is 16.9. The fourth-order valence-corrected chi connectivity index (χ4v) is 3.18. The summed E-state index contributed by atoms with van der Waals surface area (Å²) in [5.41, 5.74) is 3.00. The molecule has 2 heterocycles. The van der Waals surface area contributed by atoms with Gasteiger partial charge in [0.05, 0.1) is 12.3 Å². The Kier molecular flexibility index (Phi) is 4.43. The molecule has 5 nitrogen and oxygen atoms in total.